The maximum atomic E-state index is 6.06. The molecule has 3 heteroatoms. The molecular formula is C19H19N3. The molecule has 0 unspecified atom stereocenters. The molecule has 2 N–H and O–H groups in total. The summed E-state index contributed by atoms with van der Waals surface area (Å²) in [5.74, 6) is 1.64. The number of pyridine rings is 1. The van der Waals surface area contributed by atoms with Gasteiger partial charge >= 0.3 is 0 Å². The van der Waals surface area contributed by atoms with Crippen molar-refractivity contribution in [3.63, 3.8) is 0 Å². The van der Waals surface area contributed by atoms with Gasteiger partial charge in [-0.15, -0.1) is 0 Å². The fourth-order valence-corrected chi connectivity index (χ4v) is 3.40. The summed E-state index contributed by atoms with van der Waals surface area (Å²) < 4.78 is 0. The first kappa shape index (κ1) is 13.1. The molecule has 0 bridgehead atoms. The van der Waals surface area contributed by atoms with E-state index in [9.17, 15) is 0 Å². The van der Waals surface area contributed by atoms with Gasteiger partial charge in [0.1, 0.15) is 5.82 Å². The quantitative estimate of drug-likeness (QED) is 0.780. The highest BCUT2D eigenvalue weighted by atomic mass is 15.2. The van der Waals surface area contributed by atoms with E-state index in [1.165, 1.54) is 12.0 Å². The summed E-state index contributed by atoms with van der Waals surface area (Å²) in [5.41, 5.74) is 8.23. The summed E-state index contributed by atoms with van der Waals surface area (Å²) in [6.07, 6.45) is 2.96. The maximum absolute atomic E-state index is 6.06. The number of fused-ring (bicyclic) bond motifs is 1. The Kier molecular flexibility index (Phi) is 3.19. The average Bonchev–Trinajstić information content (AvgIpc) is 3.06. The van der Waals surface area contributed by atoms with Crippen LogP contribution in [-0.2, 0) is 0 Å². The zero-order valence-corrected chi connectivity index (χ0v) is 12.4. The number of nitrogens with two attached hydrogens (primary N) is 1. The first-order chi connectivity index (χ1) is 10.8. The molecular weight excluding hydrogens is 270 g/mol. The number of anilines is 2. The molecule has 1 fully saturated rings. The van der Waals surface area contributed by atoms with Crippen molar-refractivity contribution in [2.24, 2.45) is 0 Å². The highest BCUT2D eigenvalue weighted by molar-refractivity contribution is 5.99. The summed E-state index contributed by atoms with van der Waals surface area (Å²) in [4.78, 5) is 7.01. The fourth-order valence-electron chi connectivity index (χ4n) is 3.40. The van der Waals surface area contributed by atoms with Gasteiger partial charge in [0.15, 0.2) is 0 Å². The molecule has 0 spiro atoms. The minimum atomic E-state index is 0.583. The third-order valence-electron chi connectivity index (χ3n) is 4.56. The standard InChI is InChI=1S/C19H19N3/c20-18-12-21-19(17-9-5-4-8-16(17)18)22-11-10-15(13-22)14-6-2-1-3-7-14/h1-9,12,15H,10-11,13,20H2/t15-/m1/s1. The van der Waals surface area contributed by atoms with E-state index >= 15 is 0 Å². The predicted molar refractivity (Wildman–Crippen MR) is 92.2 cm³/mol. The van der Waals surface area contributed by atoms with E-state index in [0.717, 1.165) is 35.4 Å². The average molecular weight is 289 g/mol. The van der Waals surface area contributed by atoms with Crippen molar-refractivity contribution in [1.82, 2.24) is 4.98 Å². The van der Waals surface area contributed by atoms with E-state index in [1.807, 2.05) is 6.07 Å². The Hall–Kier alpha value is -2.55. The number of hydrogen-bond donors (Lipinski definition) is 1. The summed E-state index contributed by atoms with van der Waals surface area (Å²) in [5, 5.41) is 2.24. The van der Waals surface area contributed by atoms with Crippen molar-refractivity contribution in [2.45, 2.75) is 12.3 Å². The lowest BCUT2D eigenvalue weighted by Gasteiger charge is -2.20. The number of rotatable bonds is 2. The van der Waals surface area contributed by atoms with Crippen LogP contribution < -0.4 is 10.6 Å². The Morgan fingerprint density at radius 1 is 0.955 bits per heavy atom. The lowest BCUT2D eigenvalue weighted by atomic mass is 9.99. The van der Waals surface area contributed by atoms with E-state index in [1.54, 1.807) is 6.20 Å². The molecule has 1 saturated heterocycles. The zero-order chi connectivity index (χ0) is 14.9. The van der Waals surface area contributed by atoms with Crippen LogP contribution in [0.3, 0.4) is 0 Å². The highest BCUT2D eigenvalue weighted by Gasteiger charge is 2.25. The van der Waals surface area contributed by atoms with Gasteiger partial charge < -0.3 is 10.6 Å². The summed E-state index contributed by atoms with van der Waals surface area (Å²) >= 11 is 0. The smallest absolute Gasteiger partial charge is 0.136 e. The Labute approximate surface area is 130 Å². The molecule has 1 atom stereocenters. The molecule has 3 aromatic rings. The van der Waals surface area contributed by atoms with Crippen molar-refractivity contribution < 1.29 is 0 Å². The van der Waals surface area contributed by atoms with E-state index in [0.29, 0.717) is 5.92 Å². The van der Waals surface area contributed by atoms with Crippen molar-refractivity contribution in [3.8, 4) is 0 Å². The third-order valence-corrected chi connectivity index (χ3v) is 4.56. The SMILES string of the molecule is Nc1cnc(N2CC[C@@H](c3ccccc3)C2)c2ccccc12. The zero-order valence-electron chi connectivity index (χ0n) is 12.4. The van der Waals surface area contributed by atoms with Crippen LogP contribution >= 0.6 is 0 Å². The van der Waals surface area contributed by atoms with Crippen LogP contribution in [0.5, 0.6) is 0 Å². The van der Waals surface area contributed by atoms with E-state index < -0.39 is 0 Å². The number of benzene rings is 2. The molecule has 2 aromatic carbocycles. The Morgan fingerprint density at radius 2 is 1.68 bits per heavy atom. The Bertz CT molecular complexity index is 798. The van der Waals surface area contributed by atoms with Gasteiger partial charge in [-0.25, -0.2) is 4.98 Å². The van der Waals surface area contributed by atoms with Crippen molar-refractivity contribution in [2.75, 3.05) is 23.7 Å². The third kappa shape index (κ3) is 2.19. The molecule has 0 aliphatic carbocycles. The van der Waals surface area contributed by atoms with Crippen LogP contribution in [0, 0.1) is 0 Å². The normalized spacial score (nSPS) is 18.0. The van der Waals surface area contributed by atoms with Gasteiger partial charge in [-0.3, -0.25) is 0 Å². The molecule has 0 radical (unpaired) electrons. The number of nitrogen functional groups attached to an aromatic ring is 1. The van der Waals surface area contributed by atoms with Crippen LogP contribution in [0.15, 0.2) is 60.8 Å². The Balaban J connectivity index is 1.68. The molecule has 0 amide bonds. The van der Waals surface area contributed by atoms with E-state index in [4.69, 9.17) is 5.73 Å². The van der Waals surface area contributed by atoms with Gasteiger partial charge in [0.25, 0.3) is 0 Å². The lowest BCUT2D eigenvalue weighted by Crippen LogP contribution is -2.20. The largest absolute Gasteiger partial charge is 0.397 e. The van der Waals surface area contributed by atoms with Crippen molar-refractivity contribution >= 4 is 22.3 Å². The van der Waals surface area contributed by atoms with E-state index in [2.05, 4.69) is 58.4 Å². The predicted octanol–water partition coefficient (Wildman–Crippen LogP) is 3.81. The second-order valence-electron chi connectivity index (χ2n) is 5.93. The van der Waals surface area contributed by atoms with Gasteiger partial charge in [0.05, 0.1) is 11.9 Å². The molecule has 1 aliphatic heterocycles. The number of hydrogen-bond acceptors (Lipinski definition) is 3. The second-order valence-corrected chi connectivity index (χ2v) is 5.93. The minimum Gasteiger partial charge on any atom is -0.397 e. The summed E-state index contributed by atoms with van der Waals surface area (Å²) in [7, 11) is 0. The maximum Gasteiger partial charge on any atom is 0.136 e. The summed E-state index contributed by atoms with van der Waals surface area (Å²) in [6.45, 7) is 2.06. The van der Waals surface area contributed by atoms with Crippen LogP contribution in [-0.4, -0.2) is 18.1 Å². The van der Waals surface area contributed by atoms with Crippen LogP contribution in [0.1, 0.15) is 17.9 Å². The lowest BCUT2D eigenvalue weighted by molar-refractivity contribution is 0.774. The van der Waals surface area contributed by atoms with Gasteiger partial charge in [-0.1, -0.05) is 54.6 Å². The van der Waals surface area contributed by atoms with Crippen molar-refractivity contribution in [1.29, 1.82) is 0 Å². The fraction of sp³-hybridized carbons (Fsp3) is 0.211. The summed E-state index contributed by atoms with van der Waals surface area (Å²) in [6, 6.07) is 19.0. The molecule has 1 aromatic heterocycles. The highest BCUT2D eigenvalue weighted by Crippen LogP contribution is 2.34. The molecule has 1 aliphatic rings. The van der Waals surface area contributed by atoms with Gasteiger partial charge in [-0.05, 0) is 12.0 Å². The molecule has 22 heavy (non-hydrogen) atoms. The molecule has 2 heterocycles. The first-order valence-corrected chi connectivity index (χ1v) is 7.76. The van der Waals surface area contributed by atoms with Gasteiger partial charge in [0.2, 0.25) is 0 Å². The first-order valence-electron chi connectivity index (χ1n) is 7.76. The molecule has 3 nitrogen and oxygen atoms in total. The van der Waals surface area contributed by atoms with Gasteiger partial charge in [-0.2, -0.15) is 0 Å². The molecule has 110 valence electrons. The van der Waals surface area contributed by atoms with Crippen LogP contribution in [0.25, 0.3) is 10.8 Å². The topological polar surface area (TPSA) is 42.1 Å². The Morgan fingerprint density at radius 3 is 2.50 bits per heavy atom. The van der Waals surface area contributed by atoms with E-state index in [-0.39, 0.29) is 0 Å². The number of aromatic nitrogens is 1. The van der Waals surface area contributed by atoms with Crippen LogP contribution in [0.4, 0.5) is 11.5 Å². The minimum absolute atomic E-state index is 0.583. The van der Waals surface area contributed by atoms with Crippen molar-refractivity contribution in [3.05, 3.63) is 66.4 Å². The molecule has 0 saturated carbocycles. The monoisotopic (exact) mass is 289 g/mol. The molecule has 4 rings (SSSR count). The van der Waals surface area contributed by atoms with Gasteiger partial charge in [0, 0.05) is 29.8 Å². The number of nitrogens with zero attached hydrogens (tertiary/aromatic N) is 2. The van der Waals surface area contributed by atoms with Crippen LogP contribution in [0.2, 0.25) is 0 Å². The second kappa shape index (κ2) is 5.34.